The third kappa shape index (κ3) is 1.77. The fourth-order valence-electron chi connectivity index (χ4n) is 1.15. The Kier molecular flexibility index (Phi) is 2.15. The molecule has 2 rings (SSSR count). The molecule has 0 radical (unpaired) electrons. The zero-order chi connectivity index (χ0) is 9.31. The molecule has 0 saturated heterocycles. The summed E-state index contributed by atoms with van der Waals surface area (Å²) in [6.45, 7) is 0. The summed E-state index contributed by atoms with van der Waals surface area (Å²) in [5.74, 6) is -0.0503. The average Bonchev–Trinajstić information content (AvgIpc) is 2.69. The second-order valence-corrected chi connectivity index (χ2v) is 3.94. The summed E-state index contributed by atoms with van der Waals surface area (Å²) in [7, 11) is 0. The highest BCUT2D eigenvalue weighted by Crippen LogP contribution is 2.37. The summed E-state index contributed by atoms with van der Waals surface area (Å²) in [5, 5.41) is 3.80. The zero-order valence-corrected chi connectivity index (χ0v) is 8.63. The molecule has 1 fully saturated rings. The van der Waals surface area contributed by atoms with Gasteiger partial charge in [0, 0.05) is 5.33 Å². The maximum Gasteiger partial charge on any atom is 0.254 e. The van der Waals surface area contributed by atoms with Crippen LogP contribution in [0.1, 0.15) is 23.2 Å². The van der Waals surface area contributed by atoms with Crippen molar-refractivity contribution in [2.75, 3.05) is 5.33 Å². The largest absolute Gasteiger partial charge is 0.472 e. The van der Waals surface area contributed by atoms with Crippen LogP contribution in [0.4, 0.5) is 0 Å². The van der Waals surface area contributed by atoms with Crippen molar-refractivity contribution in [3.8, 4) is 0 Å². The SMILES string of the molecule is O=C(NC1(CBr)CC1)c1ccoc1. The van der Waals surface area contributed by atoms with Gasteiger partial charge in [-0.15, -0.1) is 0 Å². The van der Waals surface area contributed by atoms with Gasteiger partial charge in [-0.3, -0.25) is 4.79 Å². The minimum Gasteiger partial charge on any atom is -0.472 e. The van der Waals surface area contributed by atoms with Gasteiger partial charge in [-0.25, -0.2) is 0 Å². The highest BCUT2D eigenvalue weighted by molar-refractivity contribution is 9.09. The molecule has 0 atom stereocenters. The molecule has 1 aromatic rings. The van der Waals surface area contributed by atoms with E-state index < -0.39 is 0 Å². The predicted molar refractivity (Wildman–Crippen MR) is 51.9 cm³/mol. The Bertz CT molecular complexity index is 303. The molecule has 70 valence electrons. The molecular formula is C9H10BrNO2. The first kappa shape index (κ1) is 8.81. The van der Waals surface area contributed by atoms with Crippen LogP contribution in [0.2, 0.25) is 0 Å². The van der Waals surface area contributed by atoms with Gasteiger partial charge in [0.05, 0.1) is 17.4 Å². The molecule has 4 heteroatoms. The number of hydrogen-bond acceptors (Lipinski definition) is 2. The maximum atomic E-state index is 11.5. The van der Waals surface area contributed by atoms with Gasteiger partial charge in [0.25, 0.3) is 5.91 Å². The van der Waals surface area contributed by atoms with Gasteiger partial charge < -0.3 is 9.73 Å². The molecule has 1 N–H and O–H groups in total. The van der Waals surface area contributed by atoms with Crippen LogP contribution in [0.15, 0.2) is 23.0 Å². The third-order valence-corrected chi connectivity index (χ3v) is 3.34. The third-order valence-electron chi connectivity index (χ3n) is 2.27. The standard InChI is InChI=1S/C9H10BrNO2/c10-6-9(2-3-9)11-8(12)7-1-4-13-5-7/h1,4-5H,2-3,6H2,(H,11,12). The van der Waals surface area contributed by atoms with Crippen LogP contribution in [-0.4, -0.2) is 16.8 Å². The Morgan fingerprint density at radius 1 is 1.69 bits per heavy atom. The van der Waals surface area contributed by atoms with Gasteiger partial charge in [-0.2, -0.15) is 0 Å². The quantitative estimate of drug-likeness (QED) is 0.825. The van der Waals surface area contributed by atoms with Crippen LogP contribution in [-0.2, 0) is 0 Å². The molecule has 0 aliphatic heterocycles. The molecule has 0 bridgehead atoms. The van der Waals surface area contributed by atoms with Gasteiger partial charge in [-0.1, -0.05) is 15.9 Å². The summed E-state index contributed by atoms with van der Waals surface area (Å²) >= 11 is 3.39. The number of alkyl halides is 1. The lowest BCUT2D eigenvalue weighted by atomic mass is 10.2. The normalized spacial score (nSPS) is 18.2. The molecule has 1 aliphatic carbocycles. The minimum absolute atomic E-state index is 0.00829. The molecule has 1 saturated carbocycles. The van der Waals surface area contributed by atoms with Crippen molar-refractivity contribution in [2.24, 2.45) is 0 Å². The van der Waals surface area contributed by atoms with Crippen molar-refractivity contribution in [1.29, 1.82) is 0 Å². The van der Waals surface area contributed by atoms with Crippen molar-refractivity contribution >= 4 is 21.8 Å². The van der Waals surface area contributed by atoms with Crippen LogP contribution in [0.25, 0.3) is 0 Å². The molecule has 1 amide bonds. The Morgan fingerprint density at radius 3 is 2.92 bits per heavy atom. The number of hydrogen-bond donors (Lipinski definition) is 1. The molecule has 1 aliphatic rings. The molecular weight excluding hydrogens is 234 g/mol. The first-order valence-electron chi connectivity index (χ1n) is 4.16. The van der Waals surface area contributed by atoms with Gasteiger partial charge in [-0.05, 0) is 18.9 Å². The Balaban J connectivity index is 2.00. The molecule has 13 heavy (non-hydrogen) atoms. The van der Waals surface area contributed by atoms with E-state index in [1.807, 2.05) is 0 Å². The number of carbonyl (C=O) groups excluding carboxylic acids is 1. The second-order valence-electron chi connectivity index (χ2n) is 3.38. The van der Waals surface area contributed by atoms with Gasteiger partial charge in [0.1, 0.15) is 6.26 Å². The Hall–Kier alpha value is -0.770. The maximum absolute atomic E-state index is 11.5. The monoisotopic (exact) mass is 243 g/mol. The van der Waals surface area contributed by atoms with Crippen molar-refractivity contribution < 1.29 is 9.21 Å². The van der Waals surface area contributed by atoms with Crippen molar-refractivity contribution in [1.82, 2.24) is 5.32 Å². The van der Waals surface area contributed by atoms with E-state index in [2.05, 4.69) is 21.2 Å². The van der Waals surface area contributed by atoms with Crippen molar-refractivity contribution in [2.45, 2.75) is 18.4 Å². The Morgan fingerprint density at radius 2 is 2.46 bits per heavy atom. The van der Waals surface area contributed by atoms with Gasteiger partial charge in [0.2, 0.25) is 0 Å². The smallest absolute Gasteiger partial charge is 0.254 e. The average molecular weight is 244 g/mol. The van der Waals surface area contributed by atoms with Crippen LogP contribution in [0.5, 0.6) is 0 Å². The highest BCUT2D eigenvalue weighted by atomic mass is 79.9. The summed E-state index contributed by atoms with van der Waals surface area (Å²) < 4.78 is 4.83. The van der Waals surface area contributed by atoms with Gasteiger partial charge >= 0.3 is 0 Å². The van der Waals surface area contributed by atoms with E-state index in [-0.39, 0.29) is 11.4 Å². The lowest BCUT2D eigenvalue weighted by Crippen LogP contribution is -2.37. The first-order chi connectivity index (χ1) is 6.26. The van der Waals surface area contributed by atoms with Crippen LogP contribution < -0.4 is 5.32 Å². The molecule has 3 nitrogen and oxygen atoms in total. The number of nitrogens with one attached hydrogen (secondary N) is 1. The highest BCUT2D eigenvalue weighted by Gasteiger charge is 2.43. The summed E-state index contributed by atoms with van der Waals surface area (Å²) in [6.07, 6.45) is 5.08. The van der Waals surface area contributed by atoms with Crippen LogP contribution in [0.3, 0.4) is 0 Å². The predicted octanol–water partition coefficient (Wildman–Crippen LogP) is 1.94. The summed E-state index contributed by atoms with van der Waals surface area (Å²) in [4.78, 5) is 11.5. The Labute approximate surface area is 84.6 Å². The molecule has 0 spiro atoms. The van der Waals surface area contributed by atoms with Gasteiger partial charge in [0.15, 0.2) is 0 Å². The second kappa shape index (κ2) is 3.18. The fraction of sp³-hybridized carbons (Fsp3) is 0.444. The fourth-order valence-corrected chi connectivity index (χ4v) is 1.85. The van der Waals surface area contributed by atoms with E-state index in [9.17, 15) is 4.79 Å². The van der Waals surface area contributed by atoms with E-state index in [4.69, 9.17) is 4.42 Å². The van der Waals surface area contributed by atoms with E-state index >= 15 is 0 Å². The van der Waals surface area contributed by atoms with E-state index in [1.54, 1.807) is 6.07 Å². The minimum atomic E-state index is -0.0503. The first-order valence-corrected chi connectivity index (χ1v) is 5.29. The lowest BCUT2D eigenvalue weighted by molar-refractivity contribution is 0.0936. The number of carbonyl (C=O) groups is 1. The molecule has 1 heterocycles. The van der Waals surface area contributed by atoms with E-state index in [0.717, 1.165) is 18.2 Å². The number of halogens is 1. The van der Waals surface area contributed by atoms with Crippen molar-refractivity contribution in [3.05, 3.63) is 24.2 Å². The van der Waals surface area contributed by atoms with E-state index in [1.165, 1.54) is 12.5 Å². The number of furan rings is 1. The van der Waals surface area contributed by atoms with Crippen LogP contribution >= 0.6 is 15.9 Å². The number of amides is 1. The zero-order valence-electron chi connectivity index (χ0n) is 7.05. The number of rotatable bonds is 3. The molecule has 0 unspecified atom stereocenters. The van der Waals surface area contributed by atoms with Crippen LogP contribution in [0, 0.1) is 0 Å². The molecule has 1 aromatic heterocycles. The topological polar surface area (TPSA) is 42.2 Å². The van der Waals surface area contributed by atoms with E-state index in [0.29, 0.717) is 5.56 Å². The lowest BCUT2D eigenvalue weighted by Gasteiger charge is -2.12. The van der Waals surface area contributed by atoms with Crippen molar-refractivity contribution in [3.63, 3.8) is 0 Å². The molecule has 0 aromatic carbocycles. The summed E-state index contributed by atoms with van der Waals surface area (Å²) in [5.41, 5.74) is 0.598. The summed E-state index contributed by atoms with van der Waals surface area (Å²) in [6, 6.07) is 1.67.